The van der Waals surface area contributed by atoms with Gasteiger partial charge in [-0.1, -0.05) is 30.3 Å². The first-order valence-electron chi connectivity index (χ1n) is 8.19. The van der Waals surface area contributed by atoms with E-state index in [0.717, 1.165) is 0 Å². The molecule has 1 aliphatic rings. The fourth-order valence-electron chi connectivity index (χ4n) is 3.02. The van der Waals surface area contributed by atoms with Crippen LogP contribution in [0, 0.1) is 0 Å². The molecule has 0 amide bonds. The summed E-state index contributed by atoms with van der Waals surface area (Å²) in [5.74, 6) is 0.253. The molecular weight excluding hydrogens is 381 g/mol. The van der Waals surface area contributed by atoms with Crippen molar-refractivity contribution in [1.29, 1.82) is 0 Å². The first-order chi connectivity index (χ1) is 12.7. The molecule has 1 aliphatic carbocycles. The monoisotopic (exact) mass is 398 g/mol. The molecule has 0 N–H and O–H groups in total. The average molecular weight is 398 g/mol. The van der Waals surface area contributed by atoms with Gasteiger partial charge in [0.1, 0.15) is 5.75 Å². The van der Waals surface area contributed by atoms with Gasteiger partial charge in [-0.05, 0) is 48.6 Å². The predicted octanol–water partition coefficient (Wildman–Crippen LogP) is 4.77. The highest BCUT2D eigenvalue weighted by atomic mass is 32.2. The van der Waals surface area contributed by atoms with Crippen LogP contribution in [0.25, 0.3) is 11.3 Å². The van der Waals surface area contributed by atoms with Gasteiger partial charge in [0.25, 0.3) is 0 Å². The van der Waals surface area contributed by atoms with Gasteiger partial charge in [0.15, 0.2) is 5.76 Å². The largest absolute Gasteiger partial charge is 0.534 e. The first kappa shape index (κ1) is 19.3. The van der Waals surface area contributed by atoms with Crippen LogP contribution in [0.15, 0.2) is 48.5 Å². The zero-order valence-corrected chi connectivity index (χ0v) is 15.2. The molecule has 0 atom stereocenters. The maximum absolute atomic E-state index is 13.0. The summed E-state index contributed by atoms with van der Waals surface area (Å²) in [7, 11) is -4.32. The summed E-state index contributed by atoms with van der Waals surface area (Å²) >= 11 is 0. The molecule has 2 aromatic rings. The van der Waals surface area contributed by atoms with E-state index in [-0.39, 0.29) is 5.76 Å². The molecule has 0 unspecified atom stereocenters. The smallest absolute Gasteiger partial charge is 0.497 e. The van der Waals surface area contributed by atoms with Gasteiger partial charge in [-0.15, -0.1) is 0 Å². The van der Waals surface area contributed by atoms with Crippen LogP contribution in [-0.4, -0.2) is 21.0 Å². The van der Waals surface area contributed by atoms with Crippen LogP contribution in [0.5, 0.6) is 5.75 Å². The molecule has 3 rings (SSSR count). The third kappa shape index (κ3) is 3.95. The number of aryl methyl sites for hydroxylation is 1. The van der Waals surface area contributed by atoms with E-state index >= 15 is 0 Å². The van der Waals surface area contributed by atoms with Crippen molar-refractivity contribution in [3.8, 4) is 5.75 Å². The fourth-order valence-corrected chi connectivity index (χ4v) is 3.53. The fraction of sp³-hybridized carbons (Fsp3) is 0.263. The Morgan fingerprint density at radius 2 is 1.70 bits per heavy atom. The quantitative estimate of drug-likeness (QED) is 0.550. The number of hydrogen-bond donors (Lipinski definition) is 0. The third-order valence-corrected chi connectivity index (χ3v) is 5.26. The predicted molar refractivity (Wildman–Crippen MR) is 95.2 cm³/mol. The van der Waals surface area contributed by atoms with E-state index in [1.807, 2.05) is 0 Å². The molecule has 27 heavy (non-hydrogen) atoms. The molecule has 0 saturated heterocycles. The summed E-state index contributed by atoms with van der Waals surface area (Å²) in [6.45, 7) is 0. The maximum atomic E-state index is 13.0. The first-order valence-corrected chi connectivity index (χ1v) is 9.60. The van der Waals surface area contributed by atoms with Gasteiger partial charge in [-0.25, -0.2) is 0 Å². The van der Waals surface area contributed by atoms with E-state index in [2.05, 4.69) is 4.18 Å². The molecule has 0 bridgehead atoms. The number of methoxy groups -OCH3 is 1. The molecular formula is C19H17F3O4S. The molecule has 4 nitrogen and oxygen atoms in total. The molecule has 2 aromatic carbocycles. The van der Waals surface area contributed by atoms with E-state index in [4.69, 9.17) is 4.74 Å². The van der Waals surface area contributed by atoms with Crippen molar-refractivity contribution in [2.75, 3.05) is 7.11 Å². The Morgan fingerprint density at radius 1 is 1.00 bits per heavy atom. The van der Waals surface area contributed by atoms with Gasteiger partial charge in [-0.3, -0.25) is 0 Å². The second-order valence-corrected chi connectivity index (χ2v) is 7.57. The lowest BCUT2D eigenvalue weighted by atomic mass is 9.99. The highest BCUT2D eigenvalue weighted by Gasteiger charge is 2.49. The van der Waals surface area contributed by atoms with E-state index in [0.29, 0.717) is 47.3 Å². The molecule has 0 heterocycles. The Hall–Kier alpha value is -2.48. The van der Waals surface area contributed by atoms with Crippen molar-refractivity contribution < 1.29 is 30.5 Å². The molecule has 0 fully saturated rings. The second-order valence-electron chi connectivity index (χ2n) is 6.03. The number of hydrogen-bond acceptors (Lipinski definition) is 4. The standard InChI is InChI=1S/C19H17F3O4S/c1-25-15-10-11-17-14(12-15)8-5-9-16(13-6-3-2-4-7-13)18(17)26-27(23,24)19(20,21)22/h2-4,6-7,10-12H,5,8-9H2,1H3. The lowest BCUT2D eigenvalue weighted by molar-refractivity contribution is -0.0509. The van der Waals surface area contributed by atoms with Crippen LogP contribution in [0.1, 0.15) is 29.5 Å². The van der Waals surface area contributed by atoms with E-state index in [1.165, 1.54) is 13.2 Å². The minimum absolute atomic E-state index is 0.284. The summed E-state index contributed by atoms with van der Waals surface area (Å²) in [4.78, 5) is 0. The summed E-state index contributed by atoms with van der Waals surface area (Å²) in [6, 6.07) is 13.5. The lowest BCUT2D eigenvalue weighted by Gasteiger charge is -2.18. The van der Waals surface area contributed by atoms with Gasteiger partial charge in [-0.2, -0.15) is 21.6 Å². The lowest BCUT2D eigenvalue weighted by Crippen LogP contribution is -2.25. The molecule has 144 valence electrons. The Kier molecular flexibility index (Phi) is 5.19. The number of halogens is 3. The van der Waals surface area contributed by atoms with Crippen molar-refractivity contribution in [3.05, 3.63) is 65.2 Å². The molecule has 8 heteroatoms. The minimum atomic E-state index is -5.80. The van der Waals surface area contributed by atoms with Gasteiger partial charge in [0.05, 0.1) is 7.11 Å². The van der Waals surface area contributed by atoms with Gasteiger partial charge < -0.3 is 8.92 Å². The Morgan fingerprint density at radius 3 is 2.33 bits per heavy atom. The highest BCUT2D eigenvalue weighted by Crippen LogP contribution is 2.40. The van der Waals surface area contributed by atoms with Crippen LogP contribution in [-0.2, 0) is 20.7 Å². The van der Waals surface area contributed by atoms with Gasteiger partial charge >= 0.3 is 15.6 Å². The van der Waals surface area contributed by atoms with E-state index in [9.17, 15) is 21.6 Å². The summed E-state index contributed by atoms with van der Waals surface area (Å²) in [5.41, 5.74) is -3.48. The molecule has 0 aliphatic heterocycles. The maximum Gasteiger partial charge on any atom is 0.534 e. The zero-order valence-electron chi connectivity index (χ0n) is 14.4. The van der Waals surface area contributed by atoms with Crippen molar-refractivity contribution in [2.24, 2.45) is 0 Å². The van der Waals surface area contributed by atoms with Crippen LogP contribution in [0.2, 0.25) is 0 Å². The summed E-state index contributed by atoms with van der Waals surface area (Å²) in [5, 5.41) is 0. The van der Waals surface area contributed by atoms with Crippen LogP contribution in [0.4, 0.5) is 13.2 Å². The number of ether oxygens (including phenoxy) is 1. The number of alkyl halides is 3. The highest BCUT2D eigenvalue weighted by molar-refractivity contribution is 7.87. The SMILES string of the molecule is COc1ccc2c(c1)CCCC(c1ccccc1)=C2OS(=O)(=O)C(F)(F)F. The molecule has 0 radical (unpaired) electrons. The zero-order chi connectivity index (χ0) is 19.7. The minimum Gasteiger partial charge on any atom is -0.497 e. The molecule has 0 saturated carbocycles. The molecule has 0 aromatic heterocycles. The molecule has 0 spiro atoms. The van der Waals surface area contributed by atoms with Gasteiger partial charge in [0.2, 0.25) is 0 Å². The van der Waals surface area contributed by atoms with E-state index < -0.39 is 15.6 Å². The van der Waals surface area contributed by atoms with E-state index in [1.54, 1.807) is 42.5 Å². The second kappa shape index (κ2) is 7.26. The number of rotatable bonds is 4. The third-order valence-electron chi connectivity index (χ3n) is 4.30. The topological polar surface area (TPSA) is 52.6 Å². The van der Waals surface area contributed by atoms with Crippen molar-refractivity contribution in [1.82, 2.24) is 0 Å². The normalized spacial score (nSPS) is 15.1. The number of allylic oxidation sites excluding steroid dienone is 1. The van der Waals surface area contributed by atoms with Crippen molar-refractivity contribution in [3.63, 3.8) is 0 Å². The Labute approximate surface area is 155 Å². The van der Waals surface area contributed by atoms with Crippen LogP contribution < -0.4 is 4.74 Å². The Bertz CT molecular complexity index is 964. The number of benzene rings is 2. The summed E-state index contributed by atoms with van der Waals surface area (Å²) < 4.78 is 72.2. The average Bonchev–Trinajstić information content (AvgIpc) is 2.80. The number of fused-ring (bicyclic) bond motifs is 1. The van der Waals surface area contributed by atoms with Gasteiger partial charge in [0, 0.05) is 11.1 Å². The Balaban J connectivity index is 2.23. The van der Waals surface area contributed by atoms with Crippen molar-refractivity contribution >= 4 is 21.5 Å². The van der Waals surface area contributed by atoms with Crippen molar-refractivity contribution in [2.45, 2.75) is 24.8 Å². The van der Waals surface area contributed by atoms with Crippen LogP contribution >= 0.6 is 0 Å². The van der Waals surface area contributed by atoms with Crippen LogP contribution in [0.3, 0.4) is 0 Å². The summed E-state index contributed by atoms with van der Waals surface area (Å²) in [6.07, 6.45) is 1.56.